The molecule has 31 heavy (non-hydrogen) atoms. The van der Waals surface area contributed by atoms with Gasteiger partial charge in [0, 0.05) is 13.0 Å². The molecule has 0 bridgehead atoms. The zero-order valence-corrected chi connectivity index (χ0v) is 18.3. The SMILES string of the molecule is CCOc1ccc(/C=C2/SC(=S)N(CCC(=O)Nc3ccccc3C(=O)O)C2=O)cc1. The first-order valence-corrected chi connectivity index (χ1v) is 10.7. The highest BCUT2D eigenvalue weighted by Crippen LogP contribution is 2.33. The number of hydrogen-bond acceptors (Lipinski definition) is 6. The molecular formula is C22H20N2O5S2. The molecule has 0 unspecified atom stereocenters. The number of hydrogen-bond donors (Lipinski definition) is 2. The number of carbonyl (C=O) groups excluding carboxylic acids is 2. The van der Waals surface area contributed by atoms with E-state index in [0.717, 1.165) is 11.3 Å². The Balaban J connectivity index is 1.61. The highest BCUT2D eigenvalue weighted by molar-refractivity contribution is 8.26. The molecular weight excluding hydrogens is 436 g/mol. The van der Waals surface area contributed by atoms with Crippen LogP contribution < -0.4 is 10.1 Å². The summed E-state index contributed by atoms with van der Waals surface area (Å²) in [6.07, 6.45) is 1.73. The largest absolute Gasteiger partial charge is 0.494 e. The van der Waals surface area contributed by atoms with Crippen LogP contribution in [-0.4, -0.2) is 45.3 Å². The van der Waals surface area contributed by atoms with Crippen LogP contribution in [0.15, 0.2) is 53.4 Å². The Morgan fingerprint density at radius 3 is 2.58 bits per heavy atom. The van der Waals surface area contributed by atoms with Crippen LogP contribution in [0.1, 0.15) is 29.3 Å². The van der Waals surface area contributed by atoms with Gasteiger partial charge in [0.05, 0.1) is 22.8 Å². The predicted molar refractivity (Wildman–Crippen MR) is 124 cm³/mol. The number of carbonyl (C=O) groups is 3. The van der Waals surface area contributed by atoms with Gasteiger partial charge in [0.15, 0.2) is 0 Å². The molecule has 1 aliphatic rings. The molecule has 0 radical (unpaired) electrons. The molecule has 7 nitrogen and oxygen atoms in total. The summed E-state index contributed by atoms with van der Waals surface area (Å²) in [7, 11) is 0. The summed E-state index contributed by atoms with van der Waals surface area (Å²) in [4.78, 5) is 38.1. The lowest BCUT2D eigenvalue weighted by molar-refractivity contribution is -0.122. The van der Waals surface area contributed by atoms with Crippen molar-refractivity contribution in [3.8, 4) is 5.75 Å². The molecule has 1 fully saturated rings. The van der Waals surface area contributed by atoms with Crippen molar-refractivity contribution < 1.29 is 24.2 Å². The van der Waals surface area contributed by atoms with Crippen molar-refractivity contribution in [3.05, 3.63) is 64.6 Å². The molecule has 0 spiro atoms. The fourth-order valence-electron chi connectivity index (χ4n) is 2.88. The lowest BCUT2D eigenvalue weighted by Crippen LogP contribution is -2.31. The minimum atomic E-state index is -1.13. The van der Waals surface area contributed by atoms with Gasteiger partial charge in [-0.3, -0.25) is 14.5 Å². The number of carboxylic acid groups (broad SMARTS) is 1. The van der Waals surface area contributed by atoms with Gasteiger partial charge in [-0.15, -0.1) is 0 Å². The third-order valence-corrected chi connectivity index (χ3v) is 5.73. The van der Waals surface area contributed by atoms with Crippen LogP contribution in [0.2, 0.25) is 0 Å². The molecule has 0 aromatic heterocycles. The molecule has 1 heterocycles. The van der Waals surface area contributed by atoms with Crippen molar-refractivity contribution in [1.29, 1.82) is 0 Å². The number of thioether (sulfide) groups is 1. The lowest BCUT2D eigenvalue weighted by atomic mass is 10.1. The number of thiocarbonyl (C=S) groups is 1. The summed E-state index contributed by atoms with van der Waals surface area (Å²) in [5.74, 6) is -1.05. The topological polar surface area (TPSA) is 95.9 Å². The average molecular weight is 457 g/mol. The summed E-state index contributed by atoms with van der Waals surface area (Å²) in [6, 6.07) is 13.5. The van der Waals surface area contributed by atoms with Gasteiger partial charge in [-0.1, -0.05) is 48.2 Å². The van der Waals surface area contributed by atoms with Gasteiger partial charge in [0.25, 0.3) is 5.91 Å². The minimum Gasteiger partial charge on any atom is -0.494 e. The number of nitrogens with one attached hydrogen (secondary N) is 1. The molecule has 9 heteroatoms. The maximum absolute atomic E-state index is 12.7. The molecule has 1 saturated heterocycles. The van der Waals surface area contributed by atoms with Crippen LogP contribution in [0.5, 0.6) is 5.75 Å². The van der Waals surface area contributed by atoms with E-state index in [-0.39, 0.29) is 30.1 Å². The lowest BCUT2D eigenvalue weighted by Gasteiger charge is -2.14. The van der Waals surface area contributed by atoms with Crippen molar-refractivity contribution in [2.45, 2.75) is 13.3 Å². The van der Waals surface area contributed by atoms with E-state index in [9.17, 15) is 19.5 Å². The molecule has 160 valence electrons. The Morgan fingerprint density at radius 1 is 1.19 bits per heavy atom. The average Bonchev–Trinajstić information content (AvgIpc) is 3.01. The van der Waals surface area contributed by atoms with Crippen molar-refractivity contribution in [3.63, 3.8) is 0 Å². The number of ether oxygens (including phenoxy) is 1. The Labute approximate surface area is 189 Å². The fourth-order valence-corrected chi connectivity index (χ4v) is 4.18. The van der Waals surface area contributed by atoms with Gasteiger partial charge >= 0.3 is 5.97 Å². The van der Waals surface area contributed by atoms with E-state index in [1.54, 1.807) is 18.2 Å². The van der Waals surface area contributed by atoms with Crippen molar-refractivity contribution >= 4 is 57.8 Å². The minimum absolute atomic E-state index is 0.000231. The monoisotopic (exact) mass is 456 g/mol. The third-order valence-electron chi connectivity index (χ3n) is 4.36. The Bertz CT molecular complexity index is 1050. The van der Waals surface area contributed by atoms with Gasteiger partial charge in [-0.25, -0.2) is 4.79 Å². The molecule has 0 atom stereocenters. The van der Waals surface area contributed by atoms with E-state index >= 15 is 0 Å². The number of anilines is 1. The standard InChI is InChI=1S/C22H20N2O5S2/c1-2-29-15-9-7-14(8-10-15)13-18-20(26)24(22(30)31-18)12-11-19(25)23-17-6-4-3-5-16(17)21(27)28/h3-10,13H,2,11-12H2,1H3,(H,23,25)(H,27,28)/b18-13+. The number of para-hydroxylation sites is 1. The molecule has 3 rings (SSSR count). The van der Waals surface area contributed by atoms with Crippen LogP contribution in [-0.2, 0) is 9.59 Å². The summed E-state index contributed by atoms with van der Waals surface area (Å²) in [6.45, 7) is 2.59. The summed E-state index contributed by atoms with van der Waals surface area (Å²) >= 11 is 6.48. The summed E-state index contributed by atoms with van der Waals surface area (Å²) in [5.41, 5.74) is 1.05. The van der Waals surface area contributed by atoms with Crippen LogP contribution in [0.4, 0.5) is 5.69 Å². The summed E-state index contributed by atoms with van der Waals surface area (Å²) in [5, 5.41) is 11.8. The van der Waals surface area contributed by atoms with E-state index in [4.69, 9.17) is 17.0 Å². The number of amides is 2. The number of aromatic carboxylic acids is 1. The number of nitrogens with zero attached hydrogens (tertiary/aromatic N) is 1. The maximum atomic E-state index is 12.7. The molecule has 2 amide bonds. The van der Waals surface area contributed by atoms with E-state index < -0.39 is 11.9 Å². The van der Waals surface area contributed by atoms with Crippen molar-refractivity contribution in [2.24, 2.45) is 0 Å². The molecule has 2 aromatic rings. The van der Waals surface area contributed by atoms with E-state index in [0.29, 0.717) is 15.8 Å². The molecule has 0 aliphatic carbocycles. The number of benzene rings is 2. The van der Waals surface area contributed by atoms with Gasteiger partial charge in [0.2, 0.25) is 5.91 Å². The quantitative estimate of drug-likeness (QED) is 0.458. The zero-order valence-electron chi connectivity index (χ0n) is 16.7. The van der Waals surface area contributed by atoms with Crippen LogP contribution in [0.25, 0.3) is 6.08 Å². The second kappa shape index (κ2) is 10.2. The van der Waals surface area contributed by atoms with Crippen molar-refractivity contribution in [1.82, 2.24) is 4.90 Å². The van der Waals surface area contributed by atoms with Gasteiger partial charge < -0.3 is 15.2 Å². The second-order valence-corrected chi connectivity index (χ2v) is 8.16. The highest BCUT2D eigenvalue weighted by Gasteiger charge is 2.32. The van der Waals surface area contributed by atoms with Gasteiger partial charge in [-0.05, 0) is 42.8 Å². The van der Waals surface area contributed by atoms with Crippen LogP contribution in [0, 0.1) is 0 Å². The van der Waals surface area contributed by atoms with Crippen molar-refractivity contribution in [2.75, 3.05) is 18.5 Å². The molecule has 2 aromatic carbocycles. The maximum Gasteiger partial charge on any atom is 0.337 e. The first-order chi connectivity index (χ1) is 14.9. The predicted octanol–water partition coefficient (Wildman–Crippen LogP) is 4.01. The van der Waals surface area contributed by atoms with E-state index in [1.165, 1.54) is 28.8 Å². The first kappa shape index (κ1) is 22.5. The van der Waals surface area contributed by atoms with E-state index in [2.05, 4.69) is 5.32 Å². The summed E-state index contributed by atoms with van der Waals surface area (Å²) < 4.78 is 5.79. The fraction of sp³-hybridized carbons (Fsp3) is 0.182. The smallest absolute Gasteiger partial charge is 0.337 e. The molecule has 1 aliphatic heterocycles. The molecule has 2 N–H and O–H groups in total. The van der Waals surface area contributed by atoms with E-state index in [1.807, 2.05) is 31.2 Å². The first-order valence-electron chi connectivity index (χ1n) is 9.49. The van der Waals surface area contributed by atoms with Gasteiger partial charge in [-0.2, -0.15) is 0 Å². The molecule has 0 saturated carbocycles. The number of carboxylic acids is 1. The number of rotatable bonds is 8. The Kier molecular flexibility index (Phi) is 7.43. The van der Waals surface area contributed by atoms with Crippen LogP contribution >= 0.6 is 24.0 Å². The third kappa shape index (κ3) is 5.71. The Morgan fingerprint density at radius 2 is 1.90 bits per heavy atom. The van der Waals surface area contributed by atoms with Gasteiger partial charge in [0.1, 0.15) is 10.1 Å². The Hall–Kier alpha value is -3.17. The zero-order chi connectivity index (χ0) is 22.4. The second-order valence-electron chi connectivity index (χ2n) is 6.48. The highest BCUT2D eigenvalue weighted by atomic mass is 32.2. The normalized spacial score (nSPS) is 14.7. The van der Waals surface area contributed by atoms with Crippen LogP contribution in [0.3, 0.4) is 0 Å².